The lowest BCUT2D eigenvalue weighted by molar-refractivity contribution is -0.131. The zero-order valence-corrected chi connectivity index (χ0v) is 10.1. The second-order valence-electron chi connectivity index (χ2n) is 3.57. The zero-order chi connectivity index (χ0) is 13.4. The number of rotatable bonds is 7. The molecule has 0 spiro atoms. The average Bonchev–Trinajstić information content (AvgIpc) is 2.34. The molecule has 4 nitrogen and oxygen atoms in total. The third-order valence-corrected chi connectivity index (χ3v) is 2.17. The molecule has 0 aliphatic carbocycles. The van der Waals surface area contributed by atoms with Crippen LogP contribution in [0.5, 0.6) is 0 Å². The van der Waals surface area contributed by atoms with Crippen molar-refractivity contribution in [1.29, 1.82) is 0 Å². The highest BCUT2D eigenvalue weighted by atomic mass is 19.1. The Hall–Kier alpha value is -1.72. The van der Waals surface area contributed by atoms with Crippen molar-refractivity contribution >= 4 is 12.0 Å². The summed E-state index contributed by atoms with van der Waals surface area (Å²) in [5, 5.41) is 8.49. The van der Waals surface area contributed by atoms with Crippen LogP contribution < -0.4 is 0 Å². The molecule has 0 radical (unpaired) electrons. The molecule has 1 N–H and O–H groups in total. The molecule has 5 heteroatoms. The summed E-state index contributed by atoms with van der Waals surface area (Å²) in [5.41, 5.74) is 1.00. The van der Waals surface area contributed by atoms with Gasteiger partial charge in [0.25, 0.3) is 0 Å². The summed E-state index contributed by atoms with van der Waals surface area (Å²) in [6, 6.07) is 4.44. The number of hydrogen-bond donors (Lipinski definition) is 1. The molecular weight excluding hydrogens is 239 g/mol. The van der Waals surface area contributed by atoms with E-state index in [1.165, 1.54) is 12.1 Å². The van der Waals surface area contributed by atoms with E-state index in [0.717, 1.165) is 11.6 Å². The predicted molar refractivity (Wildman–Crippen MR) is 64.6 cm³/mol. The smallest absolute Gasteiger partial charge is 0.328 e. The number of carboxylic acids is 1. The Bertz CT molecular complexity index is 429. The Morgan fingerprint density at radius 2 is 2.22 bits per heavy atom. The SMILES string of the molecule is COCCOCc1ccc(F)c(C=CC(=O)O)c1. The standard InChI is InChI=1S/C13H15FO4/c1-17-6-7-18-9-10-2-4-12(14)11(8-10)3-5-13(15)16/h2-5,8H,6-7,9H2,1H3,(H,15,16). The maximum absolute atomic E-state index is 13.4. The van der Waals surface area contributed by atoms with E-state index in [1.807, 2.05) is 0 Å². The monoisotopic (exact) mass is 254 g/mol. The fourth-order valence-electron chi connectivity index (χ4n) is 1.30. The van der Waals surface area contributed by atoms with Gasteiger partial charge in [0, 0.05) is 18.7 Å². The van der Waals surface area contributed by atoms with E-state index in [-0.39, 0.29) is 5.56 Å². The summed E-state index contributed by atoms with van der Waals surface area (Å²) < 4.78 is 23.5. The normalized spacial score (nSPS) is 11.0. The van der Waals surface area contributed by atoms with Crippen molar-refractivity contribution in [3.63, 3.8) is 0 Å². The minimum absolute atomic E-state index is 0.227. The number of carboxylic acid groups (broad SMARTS) is 1. The van der Waals surface area contributed by atoms with Crippen molar-refractivity contribution in [1.82, 2.24) is 0 Å². The summed E-state index contributed by atoms with van der Waals surface area (Å²) in [6.07, 6.45) is 2.12. The van der Waals surface area contributed by atoms with Gasteiger partial charge in [-0.05, 0) is 23.8 Å². The van der Waals surface area contributed by atoms with E-state index in [9.17, 15) is 9.18 Å². The van der Waals surface area contributed by atoms with Crippen LogP contribution in [-0.4, -0.2) is 31.4 Å². The Kier molecular flexibility index (Phi) is 6.04. The zero-order valence-electron chi connectivity index (χ0n) is 10.1. The van der Waals surface area contributed by atoms with E-state index < -0.39 is 11.8 Å². The fourth-order valence-corrected chi connectivity index (χ4v) is 1.30. The molecule has 98 valence electrons. The molecule has 0 unspecified atom stereocenters. The highest BCUT2D eigenvalue weighted by Gasteiger charge is 2.02. The molecule has 0 aliphatic heterocycles. The van der Waals surface area contributed by atoms with Gasteiger partial charge in [0.05, 0.1) is 19.8 Å². The van der Waals surface area contributed by atoms with Crippen molar-refractivity contribution in [2.45, 2.75) is 6.61 Å². The number of benzene rings is 1. The second-order valence-corrected chi connectivity index (χ2v) is 3.57. The third kappa shape index (κ3) is 5.07. The summed E-state index contributed by atoms with van der Waals surface area (Å²) >= 11 is 0. The fraction of sp³-hybridized carbons (Fsp3) is 0.308. The number of methoxy groups -OCH3 is 1. The van der Waals surface area contributed by atoms with E-state index in [2.05, 4.69) is 0 Å². The van der Waals surface area contributed by atoms with Crippen LogP contribution in [0.15, 0.2) is 24.3 Å². The second kappa shape index (κ2) is 7.58. The van der Waals surface area contributed by atoms with Crippen molar-refractivity contribution in [2.24, 2.45) is 0 Å². The van der Waals surface area contributed by atoms with Gasteiger partial charge in [0.1, 0.15) is 5.82 Å². The first-order valence-electron chi connectivity index (χ1n) is 5.39. The molecule has 0 bridgehead atoms. The van der Waals surface area contributed by atoms with Crippen molar-refractivity contribution < 1.29 is 23.8 Å². The first-order chi connectivity index (χ1) is 8.63. The van der Waals surface area contributed by atoms with Gasteiger partial charge in [0.15, 0.2) is 0 Å². The largest absolute Gasteiger partial charge is 0.478 e. The first kappa shape index (κ1) is 14.3. The van der Waals surface area contributed by atoms with Crippen LogP contribution >= 0.6 is 0 Å². The van der Waals surface area contributed by atoms with Crippen LogP contribution in [-0.2, 0) is 20.9 Å². The topological polar surface area (TPSA) is 55.8 Å². The minimum atomic E-state index is -1.11. The van der Waals surface area contributed by atoms with E-state index >= 15 is 0 Å². The van der Waals surface area contributed by atoms with Crippen LogP contribution in [0.4, 0.5) is 4.39 Å². The van der Waals surface area contributed by atoms with Gasteiger partial charge in [-0.15, -0.1) is 0 Å². The maximum Gasteiger partial charge on any atom is 0.328 e. The van der Waals surface area contributed by atoms with Crippen LogP contribution in [0.25, 0.3) is 6.08 Å². The lowest BCUT2D eigenvalue weighted by atomic mass is 10.1. The summed E-state index contributed by atoms with van der Waals surface area (Å²) in [5.74, 6) is -1.58. The molecular formula is C13H15FO4. The van der Waals surface area contributed by atoms with Gasteiger partial charge in [-0.2, -0.15) is 0 Å². The van der Waals surface area contributed by atoms with Crippen molar-refractivity contribution in [2.75, 3.05) is 20.3 Å². The van der Waals surface area contributed by atoms with Crippen LogP contribution in [0.2, 0.25) is 0 Å². The van der Waals surface area contributed by atoms with Gasteiger partial charge < -0.3 is 14.6 Å². The van der Waals surface area contributed by atoms with Crippen LogP contribution in [0.3, 0.4) is 0 Å². The highest BCUT2D eigenvalue weighted by molar-refractivity contribution is 5.85. The van der Waals surface area contributed by atoms with E-state index in [4.69, 9.17) is 14.6 Å². The quantitative estimate of drug-likeness (QED) is 0.598. The molecule has 0 saturated heterocycles. The third-order valence-electron chi connectivity index (χ3n) is 2.17. The summed E-state index contributed by atoms with van der Waals surface area (Å²) in [7, 11) is 1.58. The van der Waals surface area contributed by atoms with Crippen molar-refractivity contribution in [3.05, 3.63) is 41.2 Å². The van der Waals surface area contributed by atoms with E-state index in [1.54, 1.807) is 19.2 Å². The minimum Gasteiger partial charge on any atom is -0.478 e. The molecule has 0 fully saturated rings. The number of halogens is 1. The van der Waals surface area contributed by atoms with Gasteiger partial charge in [0.2, 0.25) is 0 Å². The summed E-state index contributed by atoms with van der Waals surface area (Å²) in [6.45, 7) is 1.28. The number of carbonyl (C=O) groups is 1. The van der Waals surface area contributed by atoms with Gasteiger partial charge in [-0.25, -0.2) is 9.18 Å². The van der Waals surface area contributed by atoms with Gasteiger partial charge >= 0.3 is 5.97 Å². The Balaban J connectivity index is 2.65. The van der Waals surface area contributed by atoms with Gasteiger partial charge in [-0.1, -0.05) is 6.07 Å². The number of ether oxygens (including phenoxy) is 2. The predicted octanol–water partition coefficient (Wildman–Crippen LogP) is 2.09. The molecule has 0 aliphatic rings. The lowest BCUT2D eigenvalue weighted by Crippen LogP contribution is -2.02. The van der Waals surface area contributed by atoms with E-state index in [0.29, 0.717) is 19.8 Å². The first-order valence-corrected chi connectivity index (χ1v) is 5.39. The van der Waals surface area contributed by atoms with Crippen molar-refractivity contribution in [3.8, 4) is 0 Å². The Morgan fingerprint density at radius 1 is 1.44 bits per heavy atom. The van der Waals surface area contributed by atoms with Crippen LogP contribution in [0, 0.1) is 5.82 Å². The summed E-state index contributed by atoms with van der Waals surface area (Å²) in [4.78, 5) is 10.4. The Labute approximate surface area is 105 Å². The average molecular weight is 254 g/mol. The molecule has 1 rings (SSSR count). The van der Waals surface area contributed by atoms with Gasteiger partial charge in [-0.3, -0.25) is 0 Å². The molecule has 18 heavy (non-hydrogen) atoms. The molecule has 1 aromatic carbocycles. The molecule has 0 heterocycles. The number of aliphatic carboxylic acids is 1. The molecule has 0 saturated carbocycles. The molecule has 0 amide bonds. The molecule has 0 atom stereocenters. The molecule has 0 aromatic heterocycles. The molecule has 1 aromatic rings. The highest BCUT2D eigenvalue weighted by Crippen LogP contribution is 2.13. The Morgan fingerprint density at radius 3 is 2.89 bits per heavy atom. The lowest BCUT2D eigenvalue weighted by Gasteiger charge is -2.05. The maximum atomic E-state index is 13.4. The van der Waals surface area contributed by atoms with Crippen LogP contribution in [0.1, 0.15) is 11.1 Å². The number of hydrogen-bond acceptors (Lipinski definition) is 3.